The topological polar surface area (TPSA) is 94.0 Å². The summed E-state index contributed by atoms with van der Waals surface area (Å²) < 4.78 is 11.5. The molecule has 0 aliphatic heterocycles. The monoisotopic (exact) mass is 331 g/mol. The van der Waals surface area contributed by atoms with Crippen LogP contribution < -0.4 is 0 Å². The van der Waals surface area contributed by atoms with Gasteiger partial charge >= 0.3 is 0 Å². The molecule has 1 rings (SSSR count). The second-order valence-corrected chi connectivity index (χ2v) is 6.99. The van der Waals surface area contributed by atoms with Crippen LogP contribution in [0.3, 0.4) is 0 Å². The summed E-state index contributed by atoms with van der Waals surface area (Å²) in [5, 5.41) is 9.94. The van der Waals surface area contributed by atoms with Crippen LogP contribution in [-0.4, -0.2) is 57.0 Å². The van der Waals surface area contributed by atoms with Crippen LogP contribution in [0, 0.1) is 0 Å². The molecule has 1 amide bonds. The van der Waals surface area contributed by atoms with Crippen LogP contribution in [0.1, 0.15) is 26.5 Å². The average Bonchev–Trinajstić information content (AvgIpc) is 2.47. The van der Waals surface area contributed by atoms with E-state index in [1.165, 1.54) is 11.6 Å². The summed E-state index contributed by atoms with van der Waals surface area (Å²) >= 11 is 0. The third-order valence-corrected chi connectivity index (χ3v) is 3.45. The molecule has 1 aromatic heterocycles. The maximum Gasteiger partial charge on any atom is 0.260 e. The van der Waals surface area contributed by atoms with Crippen molar-refractivity contribution in [3.63, 3.8) is 0 Å². The van der Waals surface area contributed by atoms with Crippen molar-refractivity contribution >= 4 is 13.3 Å². The molecule has 1 aromatic rings. The van der Waals surface area contributed by atoms with E-state index in [1.807, 2.05) is 13.8 Å². The lowest BCUT2D eigenvalue weighted by Crippen LogP contribution is -2.38. The number of rotatable bonds is 7. The molecule has 0 spiro atoms. The van der Waals surface area contributed by atoms with Gasteiger partial charge in [0.05, 0.1) is 18.5 Å². The van der Waals surface area contributed by atoms with Crippen LogP contribution in [0.4, 0.5) is 0 Å². The molecule has 0 aliphatic carbocycles. The molecule has 0 saturated heterocycles. The Labute approximate surface area is 132 Å². The molecule has 0 saturated carbocycles. The highest BCUT2D eigenvalue weighted by Gasteiger charge is 2.21. The Hall–Kier alpha value is -1.27. The van der Waals surface area contributed by atoms with Crippen LogP contribution in [0.25, 0.3) is 0 Å². The van der Waals surface area contributed by atoms with Crippen molar-refractivity contribution < 1.29 is 19.5 Å². The Morgan fingerprint density at radius 3 is 2.45 bits per heavy atom. The first-order valence-corrected chi connectivity index (χ1v) is 9.52. The van der Waals surface area contributed by atoms with Crippen LogP contribution in [-0.2, 0) is 15.9 Å². The summed E-state index contributed by atoms with van der Waals surface area (Å²) in [4.78, 5) is 26.8. The van der Waals surface area contributed by atoms with Gasteiger partial charge in [-0.3, -0.25) is 24.5 Å². The van der Waals surface area contributed by atoms with Gasteiger partial charge in [-0.25, -0.2) is 5.06 Å². The highest BCUT2D eigenvalue weighted by Crippen LogP contribution is 2.36. The van der Waals surface area contributed by atoms with Gasteiger partial charge in [-0.2, -0.15) is 0 Å². The highest BCUT2D eigenvalue weighted by molar-refractivity contribution is 7.57. The SMILES string of the molecule is CC.CCN(O)C(=O)CN(Cc1ccccn1)CP(C)(=O)O. The zero-order chi connectivity index (χ0) is 17.2. The minimum absolute atomic E-state index is 0.132. The van der Waals surface area contributed by atoms with Crippen molar-refractivity contribution in [1.82, 2.24) is 14.9 Å². The highest BCUT2D eigenvalue weighted by atomic mass is 31.2. The Bertz CT molecular complexity index is 478. The van der Waals surface area contributed by atoms with E-state index in [4.69, 9.17) is 0 Å². The van der Waals surface area contributed by atoms with Gasteiger partial charge in [-0.15, -0.1) is 0 Å². The smallest absolute Gasteiger partial charge is 0.260 e. The number of hydrogen-bond donors (Lipinski definition) is 2. The van der Waals surface area contributed by atoms with Crippen molar-refractivity contribution in [1.29, 1.82) is 0 Å². The Kier molecular flexibility index (Phi) is 9.85. The summed E-state index contributed by atoms with van der Waals surface area (Å²) in [6, 6.07) is 5.34. The Morgan fingerprint density at radius 2 is 2.00 bits per heavy atom. The van der Waals surface area contributed by atoms with Crippen molar-refractivity contribution in [2.24, 2.45) is 0 Å². The number of hydroxylamine groups is 2. The second-order valence-electron chi connectivity index (χ2n) is 4.61. The van der Waals surface area contributed by atoms with Gasteiger partial charge in [0.2, 0.25) is 7.37 Å². The molecule has 0 aromatic carbocycles. The molecule has 22 heavy (non-hydrogen) atoms. The summed E-state index contributed by atoms with van der Waals surface area (Å²) in [6.07, 6.45) is 1.48. The van der Waals surface area contributed by atoms with Crippen molar-refractivity contribution in [2.75, 3.05) is 26.0 Å². The molecule has 1 heterocycles. The lowest BCUT2D eigenvalue weighted by molar-refractivity contribution is -0.165. The summed E-state index contributed by atoms with van der Waals surface area (Å²) in [5.74, 6) is -0.517. The molecule has 1 atom stereocenters. The molecule has 1 unspecified atom stereocenters. The number of pyridine rings is 1. The van der Waals surface area contributed by atoms with Gasteiger partial charge in [-0.05, 0) is 19.1 Å². The lowest BCUT2D eigenvalue weighted by Gasteiger charge is -2.24. The Balaban J connectivity index is 0.00000211. The van der Waals surface area contributed by atoms with Crippen molar-refractivity contribution in [3.05, 3.63) is 30.1 Å². The molecule has 0 aliphatic rings. The Morgan fingerprint density at radius 1 is 1.36 bits per heavy atom. The molecule has 8 heteroatoms. The molecule has 2 N–H and O–H groups in total. The van der Waals surface area contributed by atoms with Gasteiger partial charge < -0.3 is 4.89 Å². The fourth-order valence-electron chi connectivity index (χ4n) is 1.70. The predicted octanol–water partition coefficient (Wildman–Crippen LogP) is 2.01. The van der Waals surface area contributed by atoms with Gasteiger partial charge in [0.15, 0.2) is 0 Å². The average molecular weight is 331 g/mol. The largest absolute Gasteiger partial charge is 0.344 e. The van der Waals surface area contributed by atoms with E-state index in [0.29, 0.717) is 10.8 Å². The molecule has 0 fully saturated rings. The molecule has 7 nitrogen and oxygen atoms in total. The minimum Gasteiger partial charge on any atom is -0.344 e. The standard InChI is InChI=1S/C12H20N3O4P.C2H6/c1-3-15(17)12(16)9-14(10-20(2,18)19)8-11-6-4-5-7-13-11;1-2/h4-7,17H,3,8-10H2,1-2H3,(H,18,19);1-2H3. The number of likely N-dealkylation sites (N-methyl/N-ethyl adjacent to an activating group) is 1. The van der Waals surface area contributed by atoms with E-state index >= 15 is 0 Å². The minimum atomic E-state index is -3.31. The molecule has 0 radical (unpaired) electrons. The van der Waals surface area contributed by atoms with E-state index in [2.05, 4.69) is 4.98 Å². The van der Waals surface area contributed by atoms with Crippen LogP contribution in [0.2, 0.25) is 0 Å². The number of carbonyl (C=O) groups excluding carboxylic acids is 1. The first kappa shape index (κ1) is 20.7. The van der Waals surface area contributed by atoms with E-state index in [-0.39, 0.29) is 25.9 Å². The maximum absolute atomic E-state index is 11.7. The number of amides is 1. The zero-order valence-electron chi connectivity index (χ0n) is 13.6. The van der Waals surface area contributed by atoms with Crippen molar-refractivity contribution in [3.8, 4) is 0 Å². The van der Waals surface area contributed by atoms with Gasteiger partial charge in [0.25, 0.3) is 5.91 Å². The predicted molar refractivity (Wildman–Crippen MR) is 85.8 cm³/mol. The van der Waals surface area contributed by atoms with Gasteiger partial charge in [-0.1, -0.05) is 19.9 Å². The summed E-state index contributed by atoms with van der Waals surface area (Å²) in [5.41, 5.74) is 0.690. The first-order valence-electron chi connectivity index (χ1n) is 7.22. The summed E-state index contributed by atoms with van der Waals surface area (Å²) in [6.45, 7) is 7.16. The van der Waals surface area contributed by atoms with E-state index < -0.39 is 13.3 Å². The van der Waals surface area contributed by atoms with Gasteiger partial charge in [0, 0.05) is 26.0 Å². The fourth-order valence-corrected chi connectivity index (χ4v) is 2.64. The third kappa shape index (κ3) is 8.89. The zero-order valence-corrected chi connectivity index (χ0v) is 14.5. The number of carbonyl (C=O) groups is 1. The quantitative estimate of drug-likeness (QED) is 0.451. The summed E-state index contributed by atoms with van der Waals surface area (Å²) in [7, 11) is -3.31. The second kappa shape index (κ2) is 10.5. The molecular formula is C14H26N3O4P. The fraction of sp³-hybridized carbons (Fsp3) is 0.571. The van der Waals surface area contributed by atoms with Crippen LogP contribution >= 0.6 is 7.37 Å². The van der Waals surface area contributed by atoms with Crippen molar-refractivity contribution in [2.45, 2.75) is 27.3 Å². The maximum atomic E-state index is 11.7. The van der Waals surface area contributed by atoms with E-state index in [9.17, 15) is 19.5 Å². The molecule has 0 bridgehead atoms. The normalized spacial score (nSPS) is 13.0. The third-order valence-electron chi connectivity index (χ3n) is 2.52. The van der Waals surface area contributed by atoms with Gasteiger partial charge in [0.1, 0.15) is 0 Å². The van der Waals surface area contributed by atoms with E-state index in [1.54, 1.807) is 31.3 Å². The van der Waals surface area contributed by atoms with Crippen LogP contribution in [0.5, 0.6) is 0 Å². The molecular weight excluding hydrogens is 305 g/mol. The number of aromatic nitrogens is 1. The van der Waals surface area contributed by atoms with E-state index in [0.717, 1.165) is 0 Å². The molecule has 126 valence electrons. The first-order chi connectivity index (χ1) is 10.3. The number of hydrogen-bond acceptors (Lipinski definition) is 5. The lowest BCUT2D eigenvalue weighted by atomic mass is 10.3. The van der Waals surface area contributed by atoms with Crippen LogP contribution in [0.15, 0.2) is 24.4 Å². The number of nitrogens with zero attached hydrogens (tertiary/aromatic N) is 3.